The van der Waals surface area contributed by atoms with Crippen molar-refractivity contribution >= 4 is 23.6 Å². The monoisotopic (exact) mass is 483 g/mol. The third-order valence-electron chi connectivity index (χ3n) is 5.92. The van der Waals surface area contributed by atoms with Gasteiger partial charge in [-0.3, -0.25) is 0 Å². The van der Waals surface area contributed by atoms with Crippen molar-refractivity contribution in [2.75, 3.05) is 18.0 Å². The highest BCUT2D eigenvalue weighted by molar-refractivity contribution is 8.00. The highest BCUT2D eigenvalue weighted by atomic mass is 32.2. The summed E-state index contributed by atoms with van der Waals surface area (Å²) in [6.45, 7) is 5.93. The molecule has 2 aromatic carbocycles. The molecule has 0 saturated carbocycles. The molecule has 0 bridgehead atoms. The van der Waals surface area contributed by atoms with Crippen molar-refractivity contribution in [2.24, 2.45) is 0 Å². The minimum Gasteiger partial charge on any atom is -0.487 e. The maximum Gasteiger partial charge on any atom is 0.337 e. The highest BCUT2D eigenvalue weighted by Crippen LogP contribution is 2.41. The number of ether oxygens (including phenoxy) is 2. The van der Waals surface area contributed by atoms with Gasteiger partial charge in [0.15, 0.2) is 5.09 Å². The van der Waals surface area contributed by atoms with E-state index in [1.165, 1.54) is 30.2 Å². The fourth-order valence-corrected chi connectivity index (χ4v) is 5.18. The minimum absolute atomic E-state index is 0.201. The number of nitrogens with zero attached hydrogens (tertiary/aromatic N) is 1. The van der Waals surface area contributed by atoms with Crippen molar-refractivity contribution in [3.63, 3.8) is 0 Å². The number of benzene rings is 2. The summed E-state index contributed by atoms with van der Waals surface area (Å²) in [5, 5.41) is 0.707. The molecule has 1 heterocycles. The molecule has 5 nitrogen and oxygen atoms in total. The topological polar surface area (TPSA) is 51.9 Å². The van der Waals surface area contributed by atoms with Crippen LogP contribution in [0.4, 0.5) is 10.1 Å². The highest BCUT2D eigenvalue weighted by Gasteiger charge is 2.23. The van der Waals surface area contributed by atoms with Crippen molar-refractivity contribution in [1.29, 1.82) is 0 Å². The molecule has 0 saturated heterocycles. The molecule has 0 aliphatic heterocycles. The van der Waals surface area contributed by atoms with Crippen LogP contribution in [0, 0.1) is 13.8 Å². The summed E-state index contributed by atoms with van der Waals surface area (Å²) < 4.78 is 33.0. The molecule has 1 unspecified atom stereocenters. The number of furan rings is 1. The number of esters is 1. The second-order valence-electron chi connectivity index (χ2n) is 8.66. The molecule has 0 amide bonds. The third kappa shape index (κ3) is 5.58. The Morgan fingerprint density at radius 3 is 2.56 bits per heavy atom. The van der Waals surface area contributed by atoms with Gasteiger partial charge in [0.05, 0.1) is 24.9 Å². The number of hydrogen-bond donors (Lipinski definition) is 0. The number of fused-ring (bicyclic) bond motifs is 1. The van der Waals surface area contributed by atoms with Gasteiger partial charge in [-0.15, -0.1) is 0 Å². The summed E-state index contributed by atoms with van der Waals surface area (Å²) in [5.74, 6) is 1.17. The number of carbonyl (C=O) groups is 1. The average Bonchev–Trinajstić information content (AvgIpc) is 3.44. The molecule has 0 N–H and O–H groups in total. The quantitative estimate of drug-likeness (QED) is 0.252. The molecule has 1 aliphatic rings. The van der Waals surface area contributed by atoms with Crippen LogP contribution >= 0.6 is 11.9 Å². The Hall–Kier alpha value is -2.93. The summed E-state index contributed by atoms with van der Waals surface area (Å²) in [7, 11) is 1.37. The predicted octanol–water partition coefficient (Wildman–Crippen LogP) is 6.62. The molecule has 0 fully saturated rings. The molecule has 0 spiro atoms. The van der Waals surface area contributed by atoms with Gasteiger partial charge in [0.1, 0.15) is 24.3 Å². The van der Waals surface area contributed by atoms with Crippen molar-refractivity contribution in [1.82, 2.24) is 0 Å². The normalized spacial score (nSPS) is 13.4. The van der Waals surface area contributed by atoms with E-state index in [9.17, 15) is 9.18 Å². The number of alkyl halides is 1. The third-order valence-corrected chi connectivity index (χ3v) is 6.89. The number of aryl methyl sites for hydroxylation is 4. The molecule has 1 atom stereocenters. The Kier molecular flexibility index (Phi) is 7.51. The zero-order chi connectivity index (χ0) is 24.2. The molecular formula is C27H30FNO4S. The van der Waals surface area contributed by atoms with Gasteiger partial charge in [0.25, 0.3) is 0 Å². The van der Waals surface area contributed by atoms with Crippen LogP contribution in [0.15, 0.2) is 52.0 Å². The summed E-state index contributed by atoms with van der Waals surface area (Å²) in [5.41, 5.74) is 5.83. The van der Waals surface area contributed by atoms with E-state index in [0.29, 0.717) is 23.0 Å². The molecule has 1 aromatic heterocycles. The summed E-state index contributed by atoms with van der Waals surface area (Å²) in [4.78, 5) is 11.8. The van der Waals surface area contributed by atoms with Crippen LogP contribution in [0.2, 0.25) is 0 Å². The van der Waals surface area contributed by atoms with Crippen molar-refractivity contribution in [2.45, 2.75) is 57.9 Å². The first kappa shape index (κ1) is 24.2. The lowest BCUT2D eigenvalue weighted by molar-refractivity contribution is 0.0600. The number of halogens is 1. The van der Waals surface area contributed by atoms with E-state index in [2.05, 4.69) is 12.1 Å². The van der Waals surface area contributed by atoms with Crippen molar-refractivity contribution < 1.29 is 23.1 Å². The molecule has 0 radical (unpaired) electrons. The summed E-state index contributed by atoms with van der Waals surface area (Å²) in [6, 6.07) is 13.5. The fourth-order valence-electron chi connectivity index (χ4n) is 4.14. The van der Waals surface area contributed by atoms with E-state index < -0.39 is 6.17 Å². The van der Waals surface area contributed by atoms with E-state index in [-0.39, 0.29) is 12.5 Å². The van der Waals surface area contributed by atoms with Gasteiger partial charge in [0.2, 0.25) is 0 Å². The van der Waals surface area contributed by atoms with Gasteiger partial charge in [-0.1, -0.05) is 6.07 Å². The SMILES string of the molecule is COC(=O)c1ccc(COc2cc3c(cc2N(CC(C)F)Sc2ccc(C)o2)CCC3)c(C)c1. The van der Waals surface area contributed by atoms with Crippen LogP contribution in [0.3, 0.4) is 0 Å². The summed E-state index contributed by atoms with van der Waals surface area (Å²) in [6.07, 6.45) is 2.11. The predicted molar refractivity (Wildman–Crippen MR) is 133 cm³/mol. The molecule has 34 heavy (non-hydrogen) atoms. The molecule has 3 aromatic rings. The Bertz CT molecular complexity index is 1170. The number of hydrogen-bond acceptors (Lipinski definition) is 6. The van der Waals surface area contributed by atoms with Gasteiger partial charge in [0, 0.05) is 11.9 Å². The fraction of sp³-hybridized carbons (Fsp3) is 0.370. The van der Waals surface area contributed by atoms with Crippen molar-refractivity contribution in [3.8, 4) is 5.75 Å². The Balaban J connectivity index is 1.63. The smallest absolute Gasteiger partial charge is 0.337 e. The van der Waals surface area contributed by atoms with Gasteiger partial charge >= 0.3 is 5.97 Å². The van der Waals surface area contributed by atoms with E-state index in [0.717, 1.165) is 41.8 Å². The first-order valence-corrected chi connectivity index (χ1v) is 12.2. The maximum absolute atomic E-state index is 14.2. The second kappa shape index (κ2) is 10.6. The van der Waals surface area contributed by atoms with E-state index in [1.807, 2.05) is 36.4 Å². The molecule has 4 rings (SSSR count). The molecular weight excluding hydrogens is 453 g/mol. The van der Waals surface area contributed by atoms with Crippen LogP contribution in [-0.4, -0.2) is 25.8 Å². The Morgan fingerprint density at radius 1 is 1.15 bits per heavy atom. The van der Waals surface area contributed by atoms with Crippen LogP contribution in [0.1, 0.15) is 51.7 Å². The van der Waals surface area contributed by atoms with Crippen LogP contribution in [0.25, 0.3) is 0 Å². The van der Waals surface area contributed by atoms with E-state index in [4.69, 9.17) is 13.9 Å². The lowest BCUT2D eigenvalue weighted by Gasteiger charge is -2.26. The molecule has 7 heteroatoms. The van der Waals surface area contributed by atoms with Gasteiger partial charge in [-0.25, -0.2) is 9.18 Å². The lowest BCUT2D eigenvalue weighted by Crippen LogP contribution is -2.23. The standard InChI is InChI=1S/C27H30FNO4S/c1-17-12-22(27(30)31-4)9-10-23(17)16-32-25-14-21-7-5-6-20(21)13-24(25)29(15-18(2)28)34-26-11-8-19(3)33-26/h8-14,18H,5-7,15-16H2,1-4H3. The van der Waals surface area contributed by atoms with Gasteiger partial charge in [-0.05, 0) is 98.7 Å². The second-order valence-corrected chi connectivity index (χ2v) is 9.69. The first-order chi connectivity index (χ1) is 16.3. The van der Waals surface area contributed by atoms with Crippen molar-refractivity contribution in [3.05, 3.63) is 76.0 Å². The van der Waals surface area contributed by atoms with E-state index >= 15 is 0 Å². The zero-order valence-corrected chi connectivity index (χ0v) is 20.8. The Labute approximate surface area is 204 Å². The Morgan fingerprint density at radius 2 is 1.91 bits per heavy atom. The number of methoxy groups -OCH3 is 1. The van der Waals surface area contributed by atoms with Gasteiger partial charge in [-0.2, -0.15) is 0 Å². The largest absolute Gasteiger partial charge is 0.487 e. The van der Waals surface area contributed by atoms with Crippen LogP contribution in [0.5, 0.6) is 5.75 Å². The maximum atomic E-state index is 14.2. The van der Waals surface area contributed by atoms with E-state index in [1.54, 1.807) is 19.1 Å². The molecule has 180 valence electrons. The minimum atomic E-state index is -1.03. The zero-order valence-electron chi connectivity index (χ0n) is 20.0. The summed E-state index contributed by atoms with van der Waals surface area (Å²) >= 11 is 1.38. The average molecular weight is 484 g/mol. The number of rotatable bonds is 9. The first-order valence-electron chi connectivity index (χ1n) is 11.5. The van der Waals surface area contributed by atoms with Gasteiger partial charge < -0.3 is 18.2 Å². The number of carbonyl (C=O) groups excluding carboxylic acids is 1. The van der Waals surface area contributed by atoms with Crippen LogP contribution < -0.4 is 9.04 Å². The lowest BCUT2D eigenvalue weighted by atomic mass is 10.1. The van der Waals surface area contributed by atoms with Crippen LogP contribution in [-0.2, 0) is 24.2 Å². The molecule has 1 aliphatic carbocycles. The number of anilines is 1.